The van der Waals surface area contributed by atoms with Crippen LogP contribution in [-0.4, -0.2) is 27.3 Å². The van der Waals surface area contributed by atoms with Crippen molar-refractivity contribution in [3.8, 4) is 0 Å². The van der Waals surface area contributed by atoms with Gasteiger partial charge in [-0.1, -0.05) is 13.0 Å². The van der Waals surface area contributed by atoms with E-state index >= 15 is 0 Å². The molecule has 0 fully saturated rings. The van der Waals surface area contributed by atoms with Gasteiger partial charge in [-0.15, -0.1) is 0 Å². The lowest BCUT2D eigenvalue weighted by Gasteiger charge is -2.10. The van der Waals surface area contributed by atoms with Crippen molar-refractivity contribution in [2.24, 2.45) is 0 Å². The summed E-state index contributed by atoms with van der Waals surface area (Å²) in [5.74, 6) is 0.0768. The predicted octanol–water partition coefficient (Wildman–Crippen LogP) is 2.50. The number of aryl methyl sites for hydroxylation is 1. The van der Waals surface area contributed by atoms with Gasteiger partial charge in [0.05, 0.1) is 11.4 Å². The van der Waals surface area contributed by atoms with E-state index in [0.717, 1.165) is 23.0 Å². The van der Waals surface area contributed by atoms with Crippen LogP contribution in [0.25, 0.3) is 0 Å². The van der Waals surface area contributed by atoms with Crippen LogP contribution in [0.3, 0.4) is 0 Å². The van der Waals surface area contributed by atoms with Crippen molar-refractivity contribution < 1.29 is 8.42 Å². The number of hydrogen-bond acceptors (Lipinski definition) is 3. The third-order valence-electron chi connectivity index (χ3n) is 2.36. The Balaban J connectivity index is 2.62. The molecule has 0 spiro atoms. The first-order chi connectivity index (χ1) is 8.44. The molecule has 4 nitrogen and oxygen atoms in total. The second-order valence-electron chi connectivity index (χ2n) is 4.15. The van der Waals surface area contributed by atoms with Crippen molar-refractivity contribution in [3.63, 3.8) is 0 Å². The Labute approximate surface area is 117 Å². The van der Waals surface area contributed by atoms with Gasteiger partial charge in [-0.25, -0.2) is 8.42 Å². The molecule has 2 N–H and O–H groups in total. The van der Waals surface area contributed by atoms with Crippen LogP contribution < -0.4 is 10.0 Å². The normalized spacial score (nSPS) is 11.5. The summed E-state index contributed by atoms with van der Waals surface area (Å²) < 4.78 is 27.0. The zero-order chi connectivity index (χ0) is 13.6. The van der Waals surface area contributed by atoms with Crippen LogP contribution in [0.1, 0.15) is 18.9 Å². The Bertz CT molecular complexity index is 489. The molecule has 6 heteroatoms. The lowest BCUT2D eigenvalue weighted by atomic mass is 10.2. The van der Waals surface area contributed by atoms with E-state index in [2.05, 4.69) is 26.0 Å². The minimum atomic E-state index is -3.30. The zero-order valence-corrected chi connectivity index (χ0v) is 13.1. The van der Waals surface area contributed by atoms with Crippen molar-refractivity contribution in [2.75, 3.05) is 23.6 Å². The van der Waals surface area contributed by atoms with Gasteiger partial charge >= 0.3 is 0 Å². The molecule has 1 aromatic rings. The molecule has 0 saturated carbocycles. The number of anilines is 1. The van der Waals surface area contributed by atoms with E-state index in [1.165, 1.54) is 0 Å². The molecule has 0 aliphatic rings. The standard InChI is InChI=1S/C12H19BrN2O2S/c1-3-6-14-7-8-18(16,17)15-12-9-10(2)4-5-11(12)13/h4-5,9,14-15H,3,6-8H2,1-2H3. The van der Waals surface area contributed by atoms with Crippen molar-refractivity contribution >= 4 is 31.6 Å². The van der Waals surface area contributed by atoms with E-state index in [9.17, 15) is 8.42 Å². The zero-order valence-electron chi connectivity index (χ0n) is 10.7. The van der Waals surface area contributed by atoms with Crippen LogP contribution in [0, 0.1) is 6.92 Å². The first-order valence-electron chi connectivity index (χ1n) is 5.92. The van der Waals surface area contributed by atoms with Gasteiger partial charge in [0.25, 0.3) is 0 Å². The maximum atomic E-state index is 11.9. The van der Waals surface area contributed by atoms with Crippen molar-refractivity contribution in [3.05, 3.63) is 28.2 Å². The average Bonchev–Trinajstić information content (AvgIpc) is 2.29. The SMILES string of the molecule is CCCNCCS(=O)(=O)Nc1cc(C)ccc1Br. The van der Waals surface area contributed by atoms with Crippen LogP contribution in [-0.2, 0) is 10.0 Å². The highest BCUT2D eigenvalue weighted by Gasteiger charge is 2.11. The number of benzene rings is 1. The number of hydrogen-bond donors (Lipinski definition) is 2. The highest BCUT2D eigenvalue weighted by Crippen LogP contribution is 2.24. The molecule has 102 valence electrons. The van der Waals surface area contributed by atoms with Gasteiger partial charge in [0.15, 0.2) is 0 Å². The Morgan fingerprint density at radius 3 is 2.67 bits per heavy atom. The number of sulfonamides is 1. The Hall–Kier alpha value is -0.590. The van der Waals surface area contributed by atoms with Crippen LogP contribution in [0.5, 0.6) is 0 Å². The Kier molecular flexibility index (Phi) is 6.11. The van der Waals surface area contributed by atoms with Gasteiger partial charge in [0.1, 0.15) is 0 Å². The summed E-state index contributed by atoms with van der Waals surface area (Å²) in [7, 11) is -3.30. The van der Waals surface area contributed by atoms with E-state index < -0.39 is 10.0 Å². The topological polar surface area (TPSA) is 58.2 Å². The molecular weight excluding hydrogens is 316 g/mol. The molecule has 0 aliphatic carbocycles. The van der Waals surface area contributed by atoms with Crippen LogP contribution in [0.15, 0.2) is 22.7 Å². The van der Waals surface area contributed by atoms with Gasteiger partial charge in [-0.3, -0.25) is 4.72 Å². The van der Waals surface area contributed by atoms with E-state index in [-0.39, 0.29) is 5.75 Å². The quantitative estimate of drug-likeness (QED) is 0.753. The number of halogens is 1. The average molecular weight is 335 g/mol. The maximum absolute atomic E-state index is 11.9. The molecule has 1 rings (SSSR count). The molecule has 0 heterocycles. The van der Waals surface area contributed by atoms with Crippen molar-refractivity contribution in [1.82, 2.24) is 5.32 Å². The molecule has 0 aromatic heterocycles. The minimum Gasteiger partial charge on any atom is -0.316 e. The first-order valence-corrected chi connectivity index (χ1v) is 8.36. The number of rotatable bonds is 7. The summed E-state index contributed by atoms with van der Waals surface area (Å²) in [5.41, 5.74) is 1.60. The van der Waals surface area contributed by atoms with Gasteiger partial charge in [0, 0.05) is 11.0 Å². The van der Waals surface area contributed by atoms with Crippen LogP contribution in [0.2, 0.25) is 0 Å². The van der Waals surface area contributed by atoms with Crippen LogP contribution >= 0.6 is 15.9 Å². The molecule has 0 saturated heterocycles. The second kappa shape index (κ2) is 7.11. The smallest absolute Gasteiger partial charge is 0.234 e. The van der Waals surface area contributed by atoms with E-state index in [1.54, 1.807) is 6.07 Å². The fraction of sp³-hybridized carbons (Fsp3) is 0.500. The summed E-state index contributed by atoms with van der Waals surface area (Å²) in [6.45, 7) is 5.27. The van der Waals surface area contributed by atoms with E-state index in [0.29, 0.717) is 12.2 Å². The van der Waals surface area contributed by atoms with Gasteiger partial charge in [-0.05, 0) is 53.5 Å². The molecular formula is C12H19BrN2O2S. The van der Waals surface area contributed by atoms with Gasteiger partial charge in [0.2, 0.25) is 10.0 Å². The molecule has 0 aliphatic heterocycles. The minimum absolute atomic E-state index is 0.0768. The third kappa shape index (κ3) is 5.37. The first kappa shape index (κ1) is 15.5. The molecule has 18 heavy (non-hydrogen) atoms. The summed E-state index contributed by atoms with van der Waals surface area (Å²) >= 11 is 3.33. The summed E-state index contributed by atoms with van der Waals surface area (Å²) in [6.07, 6.45) is 0.997. The molecule has 0 amide bonds. The van der Waals surface area contributed by atoms with E-state index in [4.69, 9.17) is 0 Å². The second-order valence-corrected chi connectivity index (χ2v) is 6.85. The fourth-order valence-electron chi connectivity index (χ4n) is 1.44. The third-order valence-corrected chi connectivity index (χ3v) is 4.33. The Morgan fingerprint density at radius 2 is 2.00 bits per heavy atom. The van der Waals surface area contributed by atoms with Gasteiger partial charge < -0.3 is 5.32 Å². The lowest BCUT2D eigenvalue weighted by molar-refractivity contribution is 0.595. The lowest BCUT2D eigenvalue weighted by Crippen LogP contribution is -2.27. The summed E-state index contributed by atoms with van der Waals surface area (Å²) in [6, 6.07) is 5.56. The molecule has 1 aromatic carbocycles. The molecule has 0 unspecified atom stereocenters. The number of nitrogens with one attached hydrogen (secondary N) is 2. The monoisotopic (exact) mass is 334 g/mol. The summed E-state index contributed by atoms with van der Waals surface area (Å²) in [4.78, 5) is 0. The predicted molar refractivity (Wildman–Crippen MR) is 79.4 cm³/mol. The molecule has 0 radical (unpaired) electrons. The maximum Gasteiger partial charge on any atom is 0.234 e. The summed E-state index contributed by atoms with van der Waals surface area (Å²) in [5, 5.41) is 3.07. The van der Waals surface area contributed by atoms with Crippen molar-refractivity contribution in [1.29, 1.82) is 0 Å². The highest BCUT2D eigenvalue weighted by molar-refractivity contribution is 9.10. The highest BCUT2D eigenvalue weighted by atomic mass is 79.9. The molecule has 0 bridgehead atoms. The van der Waals surface area contributed by atoms with E-state index in [1.807, 2.05) is 26.0 Å². The van der Waals surface area contributed by atoms with Gasteiger partial charge in [-0.2, -0.15) is 0 Å². The largest absolute Gasteiger partial charge is 0.316 e. The Morgan fingerprint density at radius 1 is 1.28 bits per heavy atom. The van der Waals surface area contributed by atoms with Crippen molar-refractivity contribution in [2.45, 2.75) is 20.3 Å². The fourth-order valence-corrected chi connectivity index (χ4v) is 2.94. The van der Waals surface area contributed by atoms with Crippen LogP contribution in [0.4, 0.5) is 5.69 Å². The molecule has 0 atom stereocenters.